The predicted molar refractivity (Wildman–Crippen MR) is 75.4 cm³/mol. The number of alkyl halides is 3. The second-order valence-corrected chi connectivity index (χ2v) is 4.10. The average molecular weight is 294 g/mol. The summed E-state index contributed by atoms with van der Waals surface area (Å²) in [5.74, 6) is 0.581. The van der Waals surface area contributed by atoms with Crippen LogP contribution in [0.25, 0.3) is 0 Å². The molecular weight excluding hydrogens is 281 g/mol. The molecule has 0 spiro atoms. The summed E-state index contributed by atoms with van der Waals surface area (Å²) in [5, 5.41) is 5.52. The number of halogens is 3. The van der Waals surface area contributed by atoms with Gasteiger partial charge >= 0.3 is 6.18 Å². The molecule has 1 aromatic carbocycles. The minimum Gasteiger partial charge on any atom is -0.366 e. The summed E-state index contributed by atoms with van der Waals surface area (Å²) in [4.78, 5) is 7.99. The van der Waals surface area contributed by atoms with Crippen molar-refractivity contribution in [2.24, 2.45) is 0 Å². The van der Waals surface area contributed by atoms with E-state index in [0.717, 1.165) is 6.07 Å². The predicted octanol–water partition coefficient (Wildman–Crippen LogP) is 3.84. The van der Waals surface area contributed by atoms with E-state index in [2.05, 4.69) is 27.2 Å². The zero-order chi connectivity index (χ0) is 15.3. The first-order chi connectivity index (χ1) is 10.0. The Bertz CT molecular complexity index is 626. The van der Waals surface area contributed by atoms with Gasteiger partial charge in [0.2, 0.25) is 5.95 Å². The van der Waals surface area contributed by atoms with E-state index in [0.29, 0.717) is 12.4 Å². The van der Waals surface area contributed by atoms with Crippen LogP contribution >= 0.6 is 0 Å². The molecule has 21 heavy (non-hydrogen) atoms. The molecule has 0 aliphatic rings. The van der Waals surface area contributed by atoms with Crippen LogP contribution in [0, 0.1) is 0 Å². The lowest BCUT2D eigenvalue weighted by Crippen LogP contribution is -2.10. The topological polar surface area (TPSA) is 49.8 Å². The van der Waals surface area contributed by atoms with Crippen molar-refractivity contribution < 1.29 is 13.2 Å². The van der Waals surface area contributed by atoms with Crippen molar-refractivity contribution in [2.45, 2.75) is 6.18 Å². The maximum atomic E-state index is 12.9. The van der Waals surface area contributed by atoms with Gasteiger partial charge in [-0.2, -0.15) is 18.2 Å². The van der Waals surface area contributed by atoms with Crippen LogP contribution in [0.4, 0.5) is 30.6 Å². The minimum atomic E-state index is -4.44. The van der Waals surface area contributed by atoms with Crippen molar-refractivity contribution in [3.05, 3.63) is 54.7 Å². The zero-order valence-electron chi connectivity index (χ0n) is 11.0. The highest BCUT2D eigenvalue weighted by molar-refractivity contribution is 5.60. The van der Waals surface area contributed by atoms with Crippen molar-refractivity contribution >= 4 is 17.5 Å². The average Bonchev–Trinajstić information content (AvgIpc) is 2.45. The van der Waals surface area contributed by atoms with Gasteiger partial charge in [-0.3, -0.25) is 0 Å². The van der Waals surface area contributed by atoms with Gasteiger partial charge in [-0.1, -0.05) is 18.2 Å². The number of nitrogens with one attached hydrogen (secondary N) is 2. The lowest BCUT2D eigenvalue weighted by molar-refractivity contribution is -0.136. The number of aromatic nitrogens is 2. The highest BCUT2D eigenvalue weighted by Gasteiger charge is 2.33. The van der Waals surface area contributed by atoms with Crippen LogP contribution in [0.15, 0.2) is 49.2 Å². The van der Waals surface area contributed by atoms with Crippen molar-refractivity contribution in [3.63, 3.8) is 0 Å². The molecule has 2 N–H and O–H groups in total. The summed E-state index contributed by atoms with van der Waals surface area (Å²) in [6.45, 7) is 4.05. The first kappa shape index (κ1) is 14.8. The Hall–Kier alpha value is -2.57. The molecule has 1 heterocycles. The highest BCUT2D eigenvalue weighted by atomic mass is 19.4. The fourth-order valence-corrected chi connectivity index (χ4v) is 1.65. The molecule has 0 saturated heterocycles. The van der Waals surface area contributed by atoms with Gasteiger partial charge in [0.15, 0.2) is 0 Å². The second-order valence-electron chi connectivity index (χ2n) is 4.10. The Balaban J connectivity index is 2.24. The normalized spacial score (nSPS) is 11.0. The van der Waals surface area contributed by atoms with E-state index in [1.807, 2.05) is 0 Å². The monoisotopic (exact) mass is 294 g/mol. The third kappa shape index (κ3) is 3.95. The molecule has 4 nitrogen and oxygen atoms in total. The van der Waals surface area contributed by atoms with Gasteiger partial charge in [0, 0.05) is 12.7 Å². The maximum absolute atomic E-state index is 12.9. The molecule has 2 aromatic rings. The molecule has 0 amide bonds. The Morgan fingerprint density at radius 1 is 1.19 bits per heavy atom. The number of anilines is 3. The van der Waals surface area contributed by atoms with Gasteiger partial charge in [0.1, 0.15) is 5.82 Å². The summed E-state index contributed by atoms with van der Waals surface area (Å²) >= 11 is 0. The molecule has 0 aliphatic heterocycles. The molecule has 0 unspecified atom stereocenters. The number of benzene rings is 1. The third-order valence-corrected chi connectivity index (χ3v) is 2.56. The molecule has 0 bridgehead atoms. The SMILES string of the molecule is C=CCNc1ccnc(Nc2ccccc2C(F)(F)F)n1. The zero-order valence-corrected chi connectivity index (χ0v) is 11.0. The van der Waals surface area contributed by atoms with E-state index in [4.69, 9.17) is 0 Å². The fraction of sp³-hybridized carbons (Fsp3) is 0.143. The molecule has 7 heteroatoms. The van der Waals surface area contributed by atoms with Crippen LogP contribution < -0.4 is 10.6 Å². The summed E-state index contributed by atoms with van der Waals surface area (Å²) in [7, 11) is 0. The third-order valence-electron chi connectivity index (χ3n) is 2.56. The van der Waals surface area contributed by atoms with Gasteiger partial charge in [0.25, 0.3) is 0 Å². The van der Waals surface area contributed by atoms with Crippen LogP contribution in [0.1, 0.15) is 5.56 Å². The van der Waals surface area contributed by atoms with Gasteiger partial charge in [-0.25, -0.2) is 4.98 Å². The van der Waals surface area contributed by atoms with E-state index >= 15 is 0 Å². The Morgan fingerprint density at radius 3 is 2.67 bits per heavy atom. The smallest absolute Gasteiger partial charge is 0.366 e. The quantitative estimate of drug-likeness (QED) is 0.823. The Labute approximate surface area is 119 Å². The first-order valence-electron chi connectivity index (χ1n) is 6.12. The van der Waals surface area contributed by atoms with Crippen LogP contribution in [-0.4, -0.2) is 16.5 Å². The molecule has 0 fully saturated rings. The van der Waals surface area contributed by atoms with Gasteiger partial charge in [-0.05, 0) is 18.2 Å². The molecule has 0 aliphatic carbocycles. The molecular formula is C14H13F3N4. The molecule has 110 valence electrons. The fourth-order valence-electron chi connectivity index (χ4n) is 1.65. The maximum Gasteiger partial charge on any atom is 0.418 e. The van der Waals surface area contributed by atoms with Crippen LogP contribution in [0.5, 0.6) is 0 Å². The lowest BCUT2D eigenvalue weighted by Gasteiger charge is -2.13. The van der Waals surface area contributed by atoms with E-state index in [1.54, 1.807) is 12.1 Å². The van der Waals surface area contributed by atoms with Crippen LogP contribution in [0.3, 0.4) is 0 Å². The van der Waals surface area contributed by atoms with Gasteiger partial charge in [-0.15, -0.1) is 6.58 Å². The number of rotatable bonds is 5. The molecule has 0 atom stereocenters. The molecule has 0 saturated carbocycles. The Morgan fingerprint density at radius 2 is 1.95 bits per heavy atom. The van der Waals surface area contributed by atoms with Crippen molar-refractivity contribution in [3.8, 4) is 0 Å². The van der Waals surface area contributed by atoms with Crippen molar-refractivity contribution in [2.75, 3.05) is 17.2 Å². The van der Waals surface area contributed by atoms with Crippen LogP contribution in [0.2, 0.25) is 0 Å². The second kappa shape index (κ2) is 6.25. The molecule has 0 radical (unpaired) electrons. The summed E-state index contributed by atoms with van der Waals surface area (Å²) in [6.07, 6.45) is -1.34. The molecule has 1 aromatic heterocycles. The highest BCUT2D eigenvalue weighted by Crippen LogP contribution is 2.35. The number of hydrogen-bond acceptors (Lipinski definition) is 4. The van der Waals surface area contributed by atoms with Gasteiger partial charge in [0.05, 0.1) is 11.3 Å². The molecule has 2 rings (SSSR count). The van der Waals surface area contributed by atoms with Crippen molar-refractivity contribution in [1.82, 2.24) is 9.97 Å². The van der Waals surface area contributed by atoms with Crippen LogP contribution in [-0.2, 0) is 6.18 Å². The minimum absolute atomic E-state index is 0.0840. The lowest BCUT2D eigenvalue weighted by atomic mass is 10.1. The van der Waals surface area contributed by atoms with Gasteiger partial charge < -0.3 is 10.6 Å². The summed E-state index contributed by atoms with van der Waals surface area (Å²) in [5.41, 5.74) is -0.857. The number of para-hydroxylation sites is 1. The summed E-state index contributed by atoms with van der Waals surface area (Å²) in [6, 6.07) is 6.79. The largest absolute Gasteiger partial charge is 0.418 e. The van der Waals surface area contributed by atoms with E-state index in [9.17, 15) is 13.2 Å². The summed E-state index contributed by atoms with van der Waals surface area (Å²) < 4.78 is 38.7. The van der Waals surface area contributed by atoms with E-state index in [1.165, 1.54) is 24.4 Å². The first-order valence-corrected chi connectivity index (χ1v) is 6.12. The van der Waals surface area contributed by atoms with E-state index in [-0.39, 0.29) is 11.6 Å². The number of nitrogens with zero attached hydrogens (tertiary/aromatic N) is 2. The van der Waals surface area contributed by atoms with Crippen molar-refractivity contribution in [1.29, 1.82) is 0 Å². The van der Waals surface area contributed by atoms with E-state index < -0.39 is 11.7 Å². The number of hydrogen-bond donors (Lipinski definition) is 2. The Kier molecular flexibility index (Phi) is 4.42. The standard InChI is InChI=1S/C14H13F3N4/c1-2-8-18-12-7-9-19-13(21-12)20-11-6-4-3-5-10(11)14(15,16)17/h2-7,9H,1,8H2,(H2,18,19,20,21).